The maximum absolute atomic E-state index is 12.0. The van der Waals surface area contributed by atoms with Crippen molar-refractivity contribution >= 4 is 27.4 Å². The standard InChI is InChI=1S/C25H23N5OS/c1-25(2,26)18-9-7-16(8-10-18)17-13-28-24-22(14-29-30(24)15-17)20-11-12-23(32(27)31)21-6-4-3-5-19(20)21/h3-15H,26H2,1-2H3,(H2,27,31)/p+1. The van der Waals surface area contributed by atoms with Gasteiger partial charge < -0.3 is 5.73 Å². The summed E-state index contributed by atoms with van der Waals surface area (Å²) in [4.78, 5) is 5.37. The summed E-state index contributed by atoms with van der Waals surface area (Å²) in [7, 11) is -1.93. The number of nitrogens with zero attached hydrogens (tertiary/aromatic N) is 3. The molecule has 4 N–H and O–H groups in total. The molecule has 2 aromatic heterocycles. The molecule has 160 valence electrons. The second-order valence-corrected chi connectivity index (χ2v) is 9.61. The zero-order valence-corrected chi connectivity index (χ0v) is 18.8. The molecule has 0 amide bonds. The number of fused-ring (bicyclic) bond motifs is 2. The van der Waals surface area contributed by atoms with Gasteiger partial charge in [0, 0.05) is 34.4 Å². The molecule has 0 aliphatic heterocycles. The van der Waals surface area contributed by atoms with Crippen LogP contribution in [0, 0.1) is 0 Å². The van der Waals surface area contributed by atoms with Gasteiger partial charge in [-0.1, -0.05) is 46.7 Å². The van der Waals surface area contributed by atoms with E-state index in [1.807, 2.05) is 81.0 Å². The summed E-state index contributed by atoms with van der Waals surface area (Å²) >= 11 is 0. The molecule has 0 aliphatic rings. The molecule has 0 saturated carbocycles. The Morgan fingerprint density at radius 1 is 0.875 bits per heavy atom. The molecule has 32 heavy (non-hydrogen) atoms. The number of aromatic nitrogens is 3. The highest BCUT2D eigenvalue weighted by molar-refractivity contribution is 7.82. The molecule has 7 heteroatoms. The third-order valence-corrected chi connectivity index (χ3v) is 6.61. The van der Waals surface area contributed by atoms with E-state index >= 15 is 0 Å². The highest BCUT2D eigenvalue weighted by Crippen LogP contribution is 2.34. The van der Waals surface area contributed by atoms with Gasteiger partial charge in [0.2, 0.25) is 0 Å². The molecule has 2 heterocycles. The first kappa shape index (κ1) is 20.5. The van der Waals surface area contributed by atoms with Crippen LogP contribution < -0.4 is 10.9 Å². The van der Waals surface area contributed by atoms with E-state index < -0.39 is 11.0 Å². The van der Waals surface area contributed by atoms with Gasteiger partial charge in [-0.25, -0.2) is 9.50 Å². The lowest BCUT2D eigenvalue weighted by Gasteiger charge is -2.19. The Balaban J connectivity index is 1.60. The van der Waals surface area contributed by atoms with Gasteiger partial charge in [0.25, 0.3) is 0 Å². The minimum absolute atomic E-state index is 0.382. The normalized spacial score (nSPS) is 13.0. The van der Waals surface area contributed by atoms with Crippen LogP contribution in [-0.4, -0.2) is 14.6 Å². The first-order valence-corrected chi connectivity index (χ1v) is 11.6. The molecule has 0 spiro atoms. The lowest BCUT2D eigenvalue weighted by molar-refractivity contribution is 0.554. The van der Waals surface area contributed by atoms with Gasteiger partial charge in [-0.3, -0.25) is 0 Å². The van der Waals surface area contributed by atoms with E-state index in [1.54, 1.807) is 4.52 Å². The van der Waals surface area contributed by atoms with Crippen molar-refractivity contribution < 1.29 is 4.21 Å². The van der Waals surface area contributed by atoms with Crippen LogP contribution in [0.2, 0.25) is 0 Å². The minimum atomic E-state index is -1.93. The average molecular weight is 443 g/mol. The number of nitrogens with two attached hydrogens (primary N) is 2. The molecule has 5 rings (SSSR count). The van der Waals surface area contributed by atoms with Crippen LogP contribution in [-0.2, 0) is 20.7 Å². The van der Waals surface area contributed by atoms with Crippen molar-refractivity contribution in [3.63, 3.8) is 0 Å². The Kier molecular flexibility index (Phi) is 4.89. The van der Waals surface area contributed by atoms with E-state index in [2.05, 4.69) is 17.2 Å². The van der Waals surface area contributed by atoms with E-state index in [0.717, 1.165) is 44.2 Å². The van der Waals surface area contributed by atoms with Gasteiger partial charge in [-0.2, -0.15) is 5.10 Å². The summed E-state index contributed by atoms with van der Waals surface area (Å²) in [6, 6.07) is 19.8. The third kappa shape index (κ3) is 3.50. The van der Waals surface area contributed by atoms with Crippen molar-refractivity contribution in [2.45, 2.75) is 24.3 Å². The van der Waals surface area contributed by atoms with Crippen molar-refractivity contribution in [1.29, 1.82) is 0 Å². The fourth-order valence-electron chi connectivity index (χ4n) is 4.02. The number of rotatable bonds is 4. The highest BCUT2D eigenvalue weighted by atomic mass is 32.2. The maximum Gasteiger partial charge on any atom is 0.182 e. The lowest BCUT2D eigenvalue weighted by atomic mass is 9.94. The fourth-order valence-corrected chi connectivity index (χ4v) is 4.67. The zero-order chi connectivity index (χ0) is 22.5. The summed E-state index contributed by atoms with van der Waals surface area (Å²) < 4.78 is 13.8. The molecule has 0 aliphatic carbocycles. The Morgan fingerprint density at radius 2 is 1.59 bits per heavy atom. The second-order valence-electron chi connectivity index (χ2n) is 8.47. The van der Waals surface area contributed by atoms with Gasteiger partial charge in [0.1, 0.15) is 0 Å². The van der Waals surface area contributed by atoms with E-state index in [9.17, 15) is 4.21 Å². The van der Waals surface area contributed by atoms with Crippen LogP contribution in [0.3, 0.4) is 0 Å². The number of hydrogen-bond donors (Lipinski definition) is 2. The van der Waals surface area contributed by atoms with Crippen molar-refractivity contribution in [1.82, 2.24) is 14.6 Å². The molecular formula is C25H24N5OS+. The summed E-state index contributed by atoms with van der Waals surface area (Å²) in [5.41, 5.74) is 11.5. The average Bonchev–Trinajstić information content (AvgIpc) is 3.21. The number of hydrogen-bond acceptors (Lipinski definition) is 4. The van der Waals surface area contributed by atoms with Crippen LogP contribution in [0.1, 0.15) is 19.4 Å². The molecule has 0 saturated heterocycles. The lowest BCUT2D eigenvalue weighted by Crippen LogP contribution is -2.28. The van der Waals surface area contributed by atoms with E-state index in [4.69, 9.17) is 15.9 Å². The van der Waals surface area contributed by atoms with Crippen molar-refractivity contribution in [2.75, 3.05) is 0 Å². The molecule has 1 unspecified atom stereocenters. The van der Waals surface area contributed by atoms with Gasteiger partial charge in [0.15, 0.2) is 21.5 Å². The van der Waals surface area contributed by atoms with Gasteiger partial charge in [0.05, 0.1) is 6.20 Å². The first-order chi connectivity index (χ1) is 15.3. The van der Waals surface area contributed by atoms with Crippen molar-refractivity contribution in [2.24, 2.45) is 10.9 Å². The molecular weight excluding hydrogens is 418 g/mol. The zero-order valence-electron chi connectivity index (χ0n) is 17.9. The van der Waals surface area contributed by atoms with Gasteiger partial charge >= 0.3 is 0 Å². The van der Waals surface area contributed by atoms with Crippen LogP contribution in [0.4, 0.5) is 0 Å². The molecule has 6 nitrogen and oxygen atoms in total. The molecule has 5 aromatic rings. The van der Waals surface area contributed by atoms with E-state index in [0.29, 0.717) is 4.90 Å². The van der Waals surface area contributed by atoms with Crippen LogP contribution in [0.5, 0.6) is 0 Å². The summed E-state index contributed by atoms with van der Waals surface area (Å²) in [5.74, 6) is 0. The molecule has 1 atom stereocenters. The number of thiol groups is 1. The molecule has 0 radical (unpaired) electrons. The smallest absolute Gasteiger partial charge is 0.182 e. The monoisotopic (exact) mass is 442 g/mol. The van der Waals surface area contributed by atoms with Crippen molar-refractivity contribution in [3.05, 3.63) is 84.8 Å². The van der Waals surface area contributed by atoms with Crippen LogP contribution in [0.15, 0.2) is 84.1 Å². The quantitative estimate of drug-likeness (QED) is 0.319. The Morgan fingerprint density at radius 3 is 2.28 bits per heavy atom. The molecule has 0 bridgehead atoms. The van der Waals surface area contributed by atoms with Crippen molar-refractivity contribution in [3.8, 4) is 22.3 Å². The first-order valence-electron chi connectivity index (χ1n) is 10.3. The summed E-state index contributed by atoms with van der Waals surface area (Å²) in [5, 5.41) is 12.1. The predicted octanol–water partition coefficient (Wildman–Crippen LogP) is 4.34. The fraction of sp³-hybridized carbons (Fsp3) is 0.120. The summed E-state index contributed by atoms with van der Waals surface area (Å²) in [6.45, 7) is 3.98. The Labute approximate surface area is 188 Å². The van der Waals surface area contributed by atoms with Crippen LogP contribution >= 0.6 is 0 Å². The number of benzene rings is 3. The SMILES string of the molecule is CC(C)(N)c1ccc(-c2cnc3c(-c4ccc([SH+](N)=O)c5ccccc45)cnn3c2)cc1. The largest absolute Gasteiger partial charge is 0.322 e. The van der Waals surface area contributed by atoms with Crippen LogP contribution in [0.25, 0.3) is 38.7 Å². The molecule has 3 aromatic carbocycles. The summed E-state index contributed by atoms with van der Waals surface area (Å²) in [6.07, 6.45) is 5.65. The van der Waals surface area contributed by atoms with E-state index in [-0.39, 0.29) is 5.54 Å². The topological polar surface area (TPSA) is 99.3 Å². The molecule has 0 fully saturated rings. The minimum Gasteiger partial charge on any atom is -0.322 e. The van der Waals surface area contributed by atoms with E-state index in [1.165, 1.54) is 0 Å². The predicted molar refractivity (Wildman–Crippen MR) is 130 cm³/mol. The second kappa shape index (κ2) is 7.63. The Hall–Kier alpha value is -3.39. The highest BCUT2D eigenvalue weighted by Gasteiger charge is 2.18. The van der Waals surface area contributed by atoms with Gasteiger partial charge in [-0.05, 0) is 54.1 Å². The maximum atomic E-state index is 12.0. The Bertz CT molecular complexity index is 1480. The van der Waals surface area contributed by atoms with Gasteiger partial charge in [-0.15, -0.1) is 5.14 Å². The third-order valence-electron chi connectivity index (χ3n) is 5.75.